The summed E-state index contributed by atoms with van der Waals surface area (Å²) in [5.74, 6) is 0.899. The fourth-order valence-electron chi connectivity index (χ4n) is 2.69. The predicted octanol–water partition coefficient (Wildman–Crippen LogP) is 2.70. The number of hydrogen-bond donors (Lipinski definition) is 1. The molecule has 0 amide bonds. The third-order valence-electron chi connectivity index (χ3n) is 3.76. The highest BCUT2D eigenvalue weighted by Crippen LogP contribution is 2.24. The first-order chi connectivity index (χ1) is 10.2. The average molecular weight is 284 g/mol. The van der Waals surface area contributed by atoms with Crippen LogP contribution in [-0.4, -0.2) is 17.2 Å². The second-order valence-electron chi connectivity index (χ2n) is 5.18. The molecule has 0 aliphatic rings. The van der Waals surface area contributed by atoms with E-state index < -0.39 is 0 Å². The van der Waals surface area contributed by atoms with Crippen LogP contribution >= 0.6 is 0 Å². The molecule has 21 heavy (non-hydrogen) atoms. The quantitative estimate of drug-likeness (QED) is 0.886. The fraction of sp³-hybridized carbons (Fsp3) is 0.412. The third-order valence-corrected chi connectivity index (χ3v) is 3.76. The highest BCUT2D eigenvalue weighted by atomic mass is 15.2. The summed E-state index contributed by atoms with van der Waals surface area (Å²) < 4.78 is 0. The molecule has 0 spiro atoms. The van der Waals surface area contributed by atoms with Gasteiger partial charge >= 0.3 is 0 Å². The van der Waals surface area contributed by atoms with Gasteiger partial charge < -0.3 is 10.6 Å². The summed E-state index contributed by atoms with van der Waals surface area (Å²) in [6, 6.07) is 10.4. The summed E-state index contributed by atoms with van der Waals surface area (Å²) in [5.41, 5.74) is 10.7. The second-order valence-corrected chi connectivity index (χ2v) is 5.18. The first-order valence-electron chi connectivity index (χ1n) is 7.53. The lowest BCUT2D eigenvalue weighted by Gasteiger charge is -2.23. The van der Waals surface area contributed by atoms with Gasteiger partial charge in [0, 0.05) is 25.7 Å². The molecule has 4 heteroatoms. The van der Waals surface area contributed by atoms with Crippen molar-refractivity contribution in [2.75, 3.05) is 11.9 Å². The summed E-state index contributed by atoms with van der Waals surface area (Å²) in [7, 11) is 2.04. The van der Waals surface area contributed by atoms with E-state index in [2.05, 4.69) is 53.2 Å². The largest absolute Gasteiger partial charge is 0.354 e. The molecule has 2 aromatic rings. The third kappa shape index (κ3) is 3.39. The minimum Gasteiger partial charge on any atom is -0.354 e. The van der Waals surface area contributed by atoms with Crippen LogP contribution in [-0.2, 0) is 25.9 Å². The Labute approximate surface area is 127 Å². The van der Waals surface area contributed by atoms with Crippen molar-refractivity contribution in [3.8, 4) is 0 Å². The molecule has 0 radical (unpaired) electrons. The van der Waals surface area contributed by atoms with Gasteiger partial charge in [-0.05, 0) is 24.0 Å². The molecule has 0 saturated carbocycles. The monoisotopic (exact) mass is 284 g/mol. The van der Waals surface area contributed by atoms with Crippen LogP contribution in [0.1, 0.15) is 36.2 Å². The summed E-state index contributed by atoms with van der Waals surface area (Å²) in [5, 5.41) is 8.81. The molecule has 2 N–H and O–H groups in total. The van der Waals surface area contributed by atoms with Crippen molar-refractivity contribution in [3.05, 3.63) is 52.7 Å². The zero-order valence-corrected chi connectivity index (χ0v) is 13.1. The van der Waals surface area contributed by atoms with Crippen molar-refractivity contribution in [2.24, 2.45) is 5.73 Å². The fourth-order valence-corrected chi connectivity index (χ4v) is 2.69. The average Bonchev–Trinajstić information content (AvgIpc) is 2.53. The standard InChI is InChI=1S/C17H24N4/c1-4-14-15(11-18)17(20-19-16(14)5-2)21(3)12-13-9-7-6-8-10-13/h6-10H,4-5,11-12,18H2,1-3H3. The number of nitrogens with zero attached hydrogens (tertiary/aromatic N) is 3. The van der Waals surface area contributed by atoms with Crippen LogP contribution in [0.3, 0.4) is 0 Å². The Hall–Kier alpha value is -1.94. The van der Waals surface area contributed by atoms with Crippen molar-refractivity contribution >= 4 is 5.82 Å². The van der Waals surface area contributed by atoms with E-state index in [1.165, 1.54) is 11.1 Å². The number of aromatic nitrogens is 2. The number of rotatable bonds is 6. The van der Waals surface area contributed by atoms with Gasteiger partial charge in [-0.15, -0.1) is 5.10 Å². The van der Waals surface area contributed by atoms with E-state index in [4.69, 9.17) is 5.73 Å². The van der Waals surface area contributed by atoms with Crippen LogP contribution in [0.2, 0.25) is 0 Å². The minimum absolute atomic E-state index is 0.500. The van der Waals surface area contributed by atoms with E-state index in [1.807, 2.05) is 13.1 Å². The second kappa shape index (κ2) is 7.18. The lowest BCUT2D eigenvalue weighted by atomic mass is 10.0. The predicted molar refractivity (Wildman–Crippen MR) is 87.2 cm³/mol. The zero-order valence-electron chi connectivity index (χ0n) is 13.1. The van der Waals surface area contributed by atoms with Gasteiger partial charge in [0.05, 0.1) is 5.69 Å². The molecule has 1 aromatic heterocycles. The van der Waals surface area contributed by atoms with Gasteiger partial charge in [0.15, 0.2) is 5.82 Å². The van der Waals surface area contributed by atoms with Crippen LogP contribution < -0.4 is 10.6 Å². The zero-order chi connectivity index (χ0) is 15.2. The molecule has 2 rings (SSSR count). The topological polar surface area (TPSA) is 55.0 Å². The van der Waals surface area contributed by atoms with Crippen LogP contribution in [0, 0.1) is 0 Å². The minimum atomic E-state index is 0.500. The Bertz CT molecular complexity index is 581. The summed E-state index contributed by atoms with van der Waals surface area (Å²) >= 11 is 0. The van der Waals surface area contributed by atoms with E-state index in [0.717, 1.165) is 36.5 Å². The molecular formula is C17H24N4. The van der Waals surface area contributed by atoms with Gasteiger partial charge in [-0.3, -0.25) is 0 Å². The Morgan fingerprint density at radius 2 is 1.71 bits per heavy atom. The highest BCUT2D eigenvalue weighted by Gasteiger charge is 2.16. The Morgan fingerprint density at radius 1 is 1.00 bits per heavy atom. The number of aryl methyl sites for hydroxylation is 1. The molecule has 112 valence electrons. The first-order valence-corrected chi connectivity index (χ1v) is 7.53. The van der Waals surface area contributed by atoms with Gasteiger partial charge in [0.2, 0.25) is 0 Å². The van der Waals surface area contributed by atoms with Gasteiger partial charge in [-0.2, -0.15) is 5.10 Å². The number of anilines is 1. The van der Waals surface area contributed by atoms with Crippen LogP contribution in [0.15, 0.2) is 30.3 Å². The molecule has 0 bridgehead atoms. The smallest absolute Gasteiger partial charge is 0.156 e. The van der Waals surface area contributed by atoms with E-state index in [1.54, 1.807) is 0 Å². The lowest BCUT2D eigenvalue weighted by Crippen LogP contribution is -2.23. The van der Waals surface area contributed by atoms with E-state index in [0.29, 0.717) is 6.54 Å². The van der Waals surface area contributed by atoms with Gasteiger partial charge in [0.1, 0.15) is 0 Å². The normalized spacial score (nSPS) is 10.7. The molecule has 0 aliphatic heterocycles. The number of hydrogen-bond acceptors (Lipinski definition) is 4. The molecule has 0 fully saturated rings. The van der Waals surface area contributed by atoms with Gasteiger partial charge in [0.25, 0.3) is 0 Å². The van der Waals surface area contributed by atoms with E-state index >= 15 is 0 Å². The maximum absolute atomic E-state index is 5.99. The molecule has 4 nitrogen and oxygen atoms in total. The Balaban J connectivity index is 2.34. The van der Waals surface area contributed by atoms with Crippen LogP contribution in [0.4, 0.5) is 5.82 Å². The maximum atomic E-state index is 5.99. The van der Waals surface area contributed by atoms with Crippen LogP contribution in [0.5, 0.6) is 0 Å². The van der Waals surface area contributed by atoms with Crippen LogP contribution in [0.25, 0.3) is 0 Å². The van der Waals surface area contributed by atoms with E-state index in [9.17, 15) is 0 Å². The van der Waals surface area contributed by atoms with E-state index in [-0.39, 0.29) is 0 Å². The summed E-state index contributed by atoms with van der Waals surface area (Å²) in [6.45, 7) is 5.56. The molecule has 1 aromatic carbocycles. The summed E-state index contributed by atoms with van der Waals surface area (Å²) in [6.07, 6.45) is 1.84. The summed E-state index contributed by atoms with van der Waals surface area (Å²) in [4.78, 5) is 2.13. The highest BCUT2D eigenvalue weighted by molar-refractivity contribution is 5.51. The van der Waals surface area contributed by atoms with Crippen molar-refractivity contribution < 1.29 is 0 Å². The molecule has 1 heterocycles. The lowest BCUT2D eigenvalue weighted by molar-refractivity contribution is 0.795. The van der Waals surface area contributed by atoms with Crippen molar-refractivity contribution in [2.45, 2.75) is 39.8 Å². The van der Waals surface area contributed by atoms with Crippen molar-refractivity contribution in [3.63, 3.8) is 0 Å². The molecule has 0 saturated heterocycles. The van der Waals surface area contributed by atoms with Gasteiger partial charge in [-0.1, -0.05) is 44.2 Å². The molecule has 0 unspecified atom stereocenters. The van der Waals surface area contributed by atoms with Crippen molar-refractivity contribution in [1.29, 1.82) is 0 Å². The van der Waals surface area contributed by atoms with Gasteiger partial charge in [-0.25, -0.2) is 0 Å². The molecular weight excluding hydrogens is 260 g/mol. The number of nitrogens with two attached hydrogens (primary N) is 1. The SMILES string of the molecule is CCc1nnc(N(C)Cc2ccccc2)c(CN)c1CC. The molecule has 0 aliphatic carbocycles. The Morgan fingerprint density at radius 3 is 2.29 bits per heavy atom. The van der Waals surface area contributed by atoms with Crippen molar-refractivity contribution in [1.82, 2.24) is 10.2 Å². The first kappa shape index (κ1) is 15.4. The molecule has 0 atom stereocenters. The Kier molecular flexibility index (Phi) is 5.28. The maximum Gasteiger partial charge on any atom is 0.156 e. The number of benzene rings is 1.